The van der Waals surface area contributed by atoms with Crippen molar-refractivity contribution in [3.63, 3.8) is 0 Å². The first-order valence-corrected chi connectivity index (χ1v) is 10.7. The molecule has 0 aliphatic rings. The fraction of sp³-hybridized carbons (Fsp3) is 0.0800. The average Bonchev–Trinajstić information content (AvgIpc) is 3.15. The summed E-state index contributed by atoms with van der Waals surface area (Å²) < 4.78 is 3.20. The van der Waals surface area contributed by atoms with Crippen LogP contribution in [-0.4, -0.2) is 15.5 Å². The Balaban J connectivity index is 1.71. The average molecular weight is 410 g/mol. The van der Waals surface area contributed by atoms with E-state index in [4.69, 9.17) is 4.98 Å². The largest absolute Gasteiger partial charge is 0.317 e. The summed E-state index contributed by atoms with van der Waals surface area (Å²) >= 11 is 1.54. The monoisotopic (exact) mass is 409 g/mol. The molecule has 0 aliphatic heterocycles. The van der Waals surface area contributed by atoms with Crippen molar-refractivity contribution in [2.24, 2.45) is 4.99 Å². The maximum Gasteiger partial charge on any atom is 0.280 e. The van der Waals surface area contributed by atoms with E-state index >= 15 is 0 Å². The van der Waals surface area contributed by atoms with Gasteiger partial charge in [0.2, 0.25) is 0 Å². The fourth-order valence-electron chi connectivity index (χ4n) is 3.67. The Morgan fingerprint density at radius 2 is 1.70 bits per heavy atom. The minimum Gasteiger partial charge on any atom is -0.317 e. The fourth-order valence-corrected chi connectivity index (χ4v) is 4.76. The van der Waals surface area contributed by atoms with Gasteiger partial charge in [-0.3, -0.25) is 4.79 Å². The number of carbonyl (C=O) groups is 1. The van der Waals surface area contributed by atoms with E-state index in [2.05, 4.69) is 28.6 Å². The second-order valence-corrected chi connectivity index (χ2v) is 7.96. The summed E-state index contributed by atoms with van der Waals surface area (Å²) in [6.07, 6.45) is 0. The van der Waals surface area contributed by atoms with Crippen LogP contribution in [0.5, 0.6) is 0 Å². The standard InChI is InChI=1S/C25H19N3OS/c1-2-28-22-14-8-9-15-23(22)30-25(28)27-24(29)19-16-21(17-10-4-3-5-11-17)26-20-13-7-6-12-18(19)20/h3-16H,2H2,1H3. The normalized spacial score (nSPS) is 12.0. The highest BCUT2D eigenvalue weighted by Crippen LogP contribution is 2.25. The van der Waals surface area contributed by atoms with Crippen molar-refractivity contribution in [1.82, 2.24) is 9.55 Å². The number of thiazole rings is 1. The molecule has 0 saturated heterocycles. The van der Waals surface area contributed by atoms with Gasteiger partial charge in [-0.1, -0.05) is 72.0 Å². The molecule has 1 amide bonds. The smallest absolute Gasteiger partial charge is 0.280 e. The third kappa shape index (κ3) is 3.23. The molecule has 0 saturated carbocycles. The molecule has 3 aromatic carbocycles. The van der Waals surface area contributed by atoms with Crippen LogP contribution in [0.1, 0.15) is 17.3 Å². The summed E-state index contributed by atoms with van der Waals surface area (Å²) in [5, 5.41) is 0.815. The zero-order chi connectivity index (χ0) is 20.5. The van der Waals surface area contributed by atoms with Crippen LogP contribution in [0, 0.1) is 0 Å². The summed E-state index contributed by atoms with van der Waals surface area (Å²) in [6.45, 7) is 2.82. The van der Waals surface area contributed by atoms with Crippen LogP contribution in [0.3, 0.4) is 0 Å². The molecule has 5 aromatic rings. The lowest BCUT2D eigenvalue weighted by Crippen LogP contribution is -2.16. The van der Waals surface area contributed by atoms with E-state index in [1.165, 1.54) is 11.3 Å². The molecule has 0 unspecified atom stereocenters. The van der Waals surface area contributed by atoms with Crippen LogP contribution < -0.4 is 4.80 Å². The lowest BCUT2D eigenvalue weighted by molar-refractivity contribution is 0.0999. The van der Waals surface area contributed by atoms with Gasteiger partial charge < -0.3 is 4.57 Å². The zero-order valence-electron chi connectivity index (χ0n) is 16.4. The molecular weight excluding hydrogens is 390 g/mol. The Kier molecular flexibility index (Phi) is 4.73. The maximum atomic E-state index is 13.4. The molecule has 5 heteroatoms. The number of fused-ring (bicyclic) bond motifs is 2. The topological polar surface area (TPSA) is 47.2 Å². The molecule has 0 N–H and O–H groups in total. The summed E-state index contributed by atoms with van der Waals surface area (Å²) in [4.78, 5) is 23.4. The van der Waals surface area contributed by atoms with Gasteiger partial charge in [-0.25, -0.2) is 4.98 Å². The maximum absolute atomic E-state index is 13.4. The van der Waals surface area contributed by atoms with E-state index in [-0.39, 0.29) is 5.91 Å². The quantitative estimate of drug-likeness (QED) is 0.385. The van der Waals surface area contributed by atoms with Gasteiger partial charge in [0.1, 0.15) is 0 Å². The third-order valence-corrected chi connectivity index (χ3v) is 6.18. The SMILES string of the molecule is CCn1c(=NC(=O)c2cc(-c3ccccc3)nc3ccccc23)sc2ccccc21. The van der Waals surface area contributed by atoms with Gasteiger partial charge in [-0.2, -0.15) is 4.99 Å². The predicted octanol–water partition coefficient (Wildman–Crippen LogP) is 5.68. The molecule has 0 spiro atoms. The molecule has 0 fully saturated rings. The van der Waals surface area contributed by atoms with Crippen LogP contribution in [-0.2, 0) is 6.54 Å². The van der Waals surface area contributed by atoms with Gasteiger partial charge in [-0.05, 0) is 31.2 Å². The molecule has 0 bridgehead atoms. The van der Waals surface area contributed by atoms with Gasteiger partial charge >= 0.3 is 0 Å². The second kappa shape index (κ2) is 7.69. The van der Waals surface area contributed by atoms with Crippen molar-refractivity contribution < 1.29 is 4.79 Å². The Morgan fingerprint density at radius 1 is 0.967 bits per heavy atom. The number of amides is 1. The molecule has 2 heterocycles. The number of para-hydroxylation sites is 2. The number of rotatable bonds is 3. The number of nitrogens with zero attached hydrogens (tertiary/aromatic N) is 3. The van der Waals surface area contributed by atoms with Gasteiger partial charge in [0.15, 0.2) is 4.80 Å². The predicted molar refractivity (Wildman–Crippen MR) is 123 cm³/mol. The van der Waals surface area contributed by atoms with Crippen molar-refractivity contribution >= 4 is 38.4 Å². The first-order chi connectivity index (χ1) is 14.7. The molecule has 0 radical (unpaired) electrons. The van der Waals surface area contributed by atoms with Crippen molar-refractivity contribution in [3.8, 4) is 11.3 Å². The van der Waals surface area contributed by atoms with E-state index in [1.54, 1.807) is 0 Å². The van der Waals surface area contributed by atoms with Crippen LogP contribution in [0.25, 0.3) is 32.4 Å². The highest BCUT2D eigenvalue weighted by molar-refractivity contribution is 7.16. The number of hydrogen-bond donors (Lipinski definition) is 0. The van der Waals surface area contributed by atoms with E-state index in [0.717, 1.165) is 38.9 Å². The van der Waals surface area contributed by atoms with Gasteiger partial charge in [0, 0.05) is 17.5 Å². The van der Waals surface area contributed by atoms with Crippen molar-refractivity contribution in [2.75, 3.05) is 0 Å². The van der Waals surface area contributed by atoms with Gasteiger partial charge in [-0.15, -0.1) is 0 Å². The second-order valence-electron chi connectivity index (χ2n) is 6.95. The highest BCUT2D eigenvalue weighted by Gasteiger charge is 2.14. The minimum atomic E-state index is -0.250. The third-order valence-electron chi connectivity index (χ3n) is 5.12. The Bertz CT molecular complexity index is 1450. The molecule has 30 heavy (non-hydrogen) atoms. The van der Waals surface area contributed by atoms with E-state index < -0.39 is 0 Å². The molecule has 2 aromatic heterocycles. The summed E-state index contributed by atoms with van der Waals surface area (Å²) in [5.41, 5.74) is 4.20. The Hall–Kier alpha value is -3.57. The zero-order valence-corrected chi connectivity index (χ0v) is 17.3. The molecule has 0 aliphatic carbocycles. The molecule has 146 valence electrons. The number of benzene rings is 3. The minimum absolute atomic E-state index is 0.250. The molecule has 0 atom stereocenters. The van der Waals surface area contributed by atoms with Gasteiger partial charge in [0.05, 0.1) is 27.0 Å². The Morgan fingerprint density at radius 3 is 2.53 bits per heavy atom. The highest BCUT2D eigenvalue weighted by atomic mass is 32.1. The lowest BCUT2D eigenvalue weighted by Gasteiger charge is -2.07. The van der Waals surface area contributed by atoms with Crippen molar-refractivity contribution in [3.05, 3.63) is 95.3 Å². The molecule has 4 nitrogen and oxygen atoms in total. The summed E-state index contributed by atoms with van der Waals surface area (Å²) in [5.74, 6) is -0.250. The van der Waals surface area contributed by atoms with Crippen LogP contribution in [0.2, 0.25) is 0 Å². The van der Waals surface area contributed by atoms with Crippen LogP contribution in [0.4, 0.5) is 0 Å². The van der Waals surface area contributed by atoms with Crippen LogP contribution >= 0.6 is 11.3 Å². The Labute approximate surface area is 177 Å². The molecule has 5 rings (SSSR count). The van der Waals surface area contributed by atoms with Crippen molar-refractivity contribution in [1.29, 1.82) is 0 Å². The van der Waals surface area contributed by atoms with Gasteiger partial charge in [0.25, 0.3) is 5.91 Å². The summed E-state index contributed by atoms with van der Waals surface area (Å²) in [6, 6.07) is 27.6. The first kappa shape index (κ1) is 18.5. The lowest BCUT2D eigenvalue weighted by atomic mass is 10.0. The van der Waals surface area contributed by atoms with Crippen LogP contribution in [0.15, 0.2) is 89.9 Å². The van der Waals surface area contributed by atoms with E-state index in [9.17, 15) is 4.79 Å². The number of aromatic nitrogens is 2. The van der Waals surface area contributed by atoms with E-state index in [0.29, 0.717) is 10.4 Å². The number of aryl methyl sites for hydroxylation is 1. The first-order valence-electron chi connectivity index (χ1n) is 9.87. The number of hydrogen-bond acceptors (Lipinski definition) is 3. The number of carbonyl (C=O) groups excluding carboxylic acids is 1. The van der Waals surface area contributed by atoms with Crippen molar-refractivity contribution in [2.45, 2.75) is 13.5 Å². The van der Waals surface area contributed by atoms with E-state index in [1.807, 2.05) is 72.8 Å². The number of pyridine rings is 1. The summed E-state index contributed by atoms with van der Waals surface area (Å²) in [7, 11) is 0. The molecular formula is C25H19N3OS.